The maximum atomic E-state index is 12.2. The molecule has 0 amide bonds. The standard InChI is InChI=1S/C17H15ClN4O2/c1-24-14-8-6-13(7-9-14)19-17-20-16(23)15(21-22-17)10-11-2-4-12(18)5-3-11/h2-9H,10H2,1H3,(H2,19,20,22,23). The molecular formula is C17H15ClN4O2. The lowest BCUT2D eigenvalue weighted by Gasteiger charge is -2.06. The normalized spacial score (nSPS) is 10.4. The molecule has 1 aromatic heterocycles. The molecule has 3 aromatic rings. The first-order valence-corrected chi connectivity index (χ1v) is 7.63. The number of anilines is 2. The molecular weight excluding hydrogens is 328 g/mol. The Morgan fingerprint density at radius 3 is 2.42 bits per heavy atom. The summed E-state index contributed by atoms with van der Waals surface area (Å²) in [5.41, 5.74) is 1.77. The van der Waals surface area contributed by atoms with Crippen LogP contribution in [0.15, 0.2) is 53.3 Å². The van der Waals surface area contributed by atoms with E-state index >= 15 is 0 Å². The summed E-state index contributed by atoms with van der Waals surface area (Å²) >= 11 is 5.85. The topological polar surface area (TPSA) is 79.9 Å². The summed E-state index contributed by atoms with van der Waals surface area (Å²) in [6.45, 7) is 0. The number of H-pyrrole nitrogens is 1. The third-order valence-electron chi connectivity index (χ3n) is 3.40. The van der Waals surface area contributed by atoms with Gasteiger partial charge in [-0.1, -0.05) is 23.7 Å². The lowest BCUT2D eigenvalue weighted by atomic mass is 10.1. The molecule has 2 N–H and O–H groups in total. The number of aromatic amines is 1. The van der Waals surface area contributed by atoms with Crippen molar-refractivity contribution in [3.8, 4) is 5.75 Å². The van der Waals surface area contributed by atoms with Crippen molar-refractivity contribution >= 4 is 23.2 Å². The number of nitrogens with one attached hydrogen (secondary N) is 2. The quantitative estimate of drug-likeness (QED) is 0.744. The van der Waals surface area contributed by atoms with E-state index in [1.54, 1.807) is 19.2 Å². The van der Waals surface area contributed by atoms with Crippen LogP contribution in [0.5, 0.6) is 5.75 Å². The smallest absolute Gasteiger partial charge is 0.274 e. The van der Waals surface area contributed by atoms with Crippen molar-refractivity contribution in [3.63, 3.8) is 0 Å². The van der Waals surface area contributed by atoms with Gasteiger partial charge in [-0.2, -0.15) is 0 Å². The predicted molar refractivity (Wildman–Crippen MR) is 93.2 cm³/mol. The van der Waals surface area contributed by atoms with Crippen molar-refractivity contribution in [1.82, 2.24) is 15.2 Å². The number of halogens is 1. The minimum atomic E-state index is -0.282. The minimum absolute atomic E-state index is 0.282. The Balaban J connectivity index is 1.74. The minimum Gasteiger partial charge on any atom is -0.497 e. The fourth-order valence-electron chi connectivity index (χ4n) is 2.14. The molecule has 7 heteroatoms. The first-order valence-electron chi connectivity index (χ1n) is 7.25. The molecule has 0 aliphatic rings. The molecule has 6 nitrogen and oxygen atoms in total. The molecule has 1 heterocycles. The molecule has 3 rings (SSSR count). The van der Waals surface area contributed by atoms with E-state index in [1.807, 2.05) is 36.4 Å². The number of rotatable bonds is 5. The average molecular weight is 343 g/mol. The summed E-state index contributed by atoms with van der Waals surface area (Å²) in [5.74, 6) is 1.03. The Bertz CT molecular complexity index is 876. The molecule has 0 aliphatic carbocycles. The second-order valence-corrected chi connectivity index (χ2v) is 5.54. The van der Waals surface area contributed by atoms with Crippen molar-refractivity contribution in [2.75, 3.05) is 12.4 Å². The van der Waals surface area contributed by atoms with Gasteiger partial charge < -0.3 is 10.1 Å². The van der Waals surface area contributed by atoms with Gasteiger partial charge in [0.25, 0.3) is 5.56 Å². The second kappa shape index (κ2) is 7.14. The van der Waals surface area contributed by atoms with Crippen LogP contribution < -0.4 is 15.6 Å². The van der Waals surface area contributed by atoms with Crippen LogP contribution in [0.2, 0.25) is 5.02 Å². The van der Waals surface area contributed by atoms with Gasteiger partial charge in [-0.25, -0.2) is 0 Å². The summed E-state index contributed by atoms with van der Waals surface area (Å²) in [5, 5.41) is 11.7. The Hall–Kier alpha value is -2.86. The highest BCUT2D eigenvalue weighted by Crippen LogP contribution is 2.17. The van der Waals surface area contributed by atoms with Gasteiger partial charge in [-0.3, -0.25) is 9.78 Å². The fourth-order valence-corrected chi connectivity index (χ4v) is 2.27. The molecule has 0 bridgehead atoms. The van der Waals surface area contributed by atoms with Crippen LogP contribution in [0.4, 0.5) is 11.6 Å². The van der Waals surface area contributed by atoms with Gasteiger partial charge in [0, 0.05) is 17.1 Å². The summed E-state index contributed by atoms with van der Waals surface area (Å²) in [7, 11) is 1.60. The number of benzene rings is 2. The van der Waals surface area contributed by atoms with E-state index in [0.29, 0.717) is 17.1 Å². The van der Waals surface area contributed by atoms with Crippen LogP contribution in [0.3, 0.4) is 0 Å². The molecule has 0 fully saturated rings. The number of aromatic nitrogens is 3. The Labute approximate surface area is 143 Å². The molecule has 0 unspecified atom stereocenters. The average Bonchev–Trinajstić information content (AvgIpc) is 2.60. The van der Waals surface area contributed by atoms with Gasteiger partial charge in [0.2, 0.25) is 5.95 Å². The zero-order chi connectivity index (χ0) is 16.9. The van der Waals surface area contributed by atoms with Gasteiger partial charge in [0.05, 0.1) is 7.11 Å². The first-order chi connectivity index (χ1) is 11.6. The van der Waals surface area contributed by atoms with E-state index in [-0.39, 0.29) is 11.5 Å². The number of methoxy groups -OCH3 is 1. The Kier molecular flexibility index (Phi) is 4.77. The van der Waals surface area contributed by atoms with Crippen LogP contribution in [0.1, 0.15) is 11.3 Å². The van der Waals surface area contributed by atoms with Crippen molar-refractivity contribution in [3.05, 3.63) is 75.2 Å². The van der Waals surface area contributed by atoms with E-state index in [0.717, 1.165) is 17.0 Å². The predicted octanol–water partition coefficient (Wildman–Crippen LogP) is 3.16. The summed E-state index contributed by atoms with van der Waals surface area (Å²) < 4.78 is 5.10. The lowest BCUT2D eigenvalue weighted by molar-refractivity contribution is 0.415. The van der Waals surface area contributed by atoms with Crippen LogP contribution in [0, 0.1) is 0 Å². The molecule has 0 saturated carbocycles. The molecule has 0 radical (unpaired) electrons. The van der Waals surface area contributed by atoms with E-state index in [4.69, 9.17) is 16.3 Å². The van der Waals surface area contributed by atoms with Crippen LogP contribution >= 0.6 is 11.6 Å². The SMILES string of the molecule is COc1ccc(Nc2nnc(Cc3ccc(Cl)cc3)c(=O)[nH]2)cc1. The summed E-state index contributed by atoms with van der Waals surface area (Å²) in [4.78, 5) is 14.8. The van der Waals surface area contributed by atoms with Crippen molar-refractivity contribution in [2.45, 2.75) is 6.42 Å². The molecule has 24 heavy (non-hydrogen) atoms. The molecule has 122 valence electrons. The maximum Gasteiger partial charge on any atom is 0.274 e. The molecule has 0 atom stereocenters. The third-order valence-corrected chi connectivity index (χ3v) is 3.65. The largest absolute Gasteiger partial charge is 0.497 e. The van der Waals surface area contributed by atoms with Gasteiger partial charge >= 0.3 is 0 Å². The zero-order valence-electron chi connectivity index (χ0n) is 12.9. The first kappa shape index (κ1) is 16.0. The van der Waals surface area contributed by atoms with Crippen molar-refractivity contribution in [1.29, 1.82) is 0 Å². The number of hydrogen-bond acceptors (Lipinski definition) is 5. The fraction of sp³-hybridized carbons (Fsp3) is 0.118. The van der Waals surface area contributed by atoms with E-state index in [1.165, 1.54) is 0 Å². The Morgan fingerprint density at radius 2 is 1.79 bits per heavy atom. The molecule has 0 saturated heterocycles. The van der Waals surface area contributed by atoms with Gasteiger partial charge in [-0.15, -0.1) is 10.2 Å². The van der Waals surface area contributed by atoms with Crippen LogP contribution in [0.25, 0.3) is 0 Å². The van der Waals surface area contributed by atoms with E-state index < -0.39 is 0 Å². The van der Waals surface area contributed by atoms with Crippen LogP contribution in [-0.4, -0.2) is 22.3 Å². The van der Waals surface area contributed by atoms with Crippen molar-refractivity contribution in [2.24, 2.45) is 0 Å². The highest BCUT2D eigenvalue weighted by molar-refractivity contribution is 6.30. The number of hydrogen-bond donors (Lipinski definition) is 2. The highest BCUT2D eigenvalue weighted by Gasteiger charge is 2.06. The Morgan fingerprint density at radius 1 is 1.08 bits per heavy atom. The van der Waals surface area contributed by atoms with E-state index in [2.05, 4.69) is 20.5 Å². The van der Waals surface area contributed by atoms with Crippen molar-refractivity contribution < 1.29 is 4.74 Å². The van der Waals surface area contributed by atoms with Gasteiger partial charge in [0.15, 0.2) is 0 Å². The maximum absolute atomic E-state index is 12.2. The molecule has 0 spiro atoms. The van der Waals surface area contributed by atoms with Crippen LogP contribution in [-0.2, 0) is 6.42 Å². The third kappa shape index (κ3) is 3.91. The number of nitrogens with zero attached hydrogens (tertiary/aromatic N) is 2. The molecule has 2 aromatic carbocycles. The summed E-state index contributed by atoms with van der Waals surface area (Å²) in [6.07, 6.45) is 0.391. The van der Waals surface area contributed by atoms with E-state index in [9.17, 15) is 4.79 Å². The summed E-state index contributed by atoms with van der Waals surface area (Å²) in [6, 6.07) is 14.5. The second-order valence-electron chi connectivity index (χ2n) is 5.11. The van der Waals surface area contributed by atoms with Gasteiger partial charge in [0.1, 0.15) is 11.4 Å². The molecule has 0 aliphatic heterocycles. The highest BCUT2D eigenvalue weighted by atomic mass is 35.5. The van der Waals surface area contributed by atoms with Gasteiger partial charge in [-0.05, 0) is 42.0 Å². The monoisotopic (exact) mass is 342 g/mol. The zero-order valence-corrected chi connectivity index (χ0v) is 13.7. The lowest BCUT2D eigenvalue weighted by Crippen LogP contribution is -2.18. The number of ether oxygens (including phenoxy) is 1.